The van der Waals surface area contributed by atoms with E-state index in [2.05, 4.69) is 73.2 Å². The topological polar surface area (TPSA) is 16.2 Å². The van der Waals surface area contributed by atoms with E-state index in [9.17, 15) is 0 Å². The summed E-state index contributed by atoms with van der Waals surface area (Å²) in [5.41, 5.74) is 0. The van der Waals surface area contributed by atoms with Gasteiger partial charge in [0, 0.05) is 65.4 Å². The molecule has 5 nitrogen and oxygen atoms in total. The molecule has 0 aromatic carbocycles. The van der Waals surface area contributed by atoms with Gasteiger partial charge in [0.25, 0.3) is 0 Å². The number of hydrogen-bond donors (Lipinski definition) is 0. The molecule has 0 N–H and O–H groups in total. The van der Waals surface area contributed by atoms with Gasteiger partial charge in [-0.05, 0) is 63.6 Å². The quantitative estimate of drug-likeness (QED) is 0.0563. The zero-order chi connectivity index (χ0) is 50.6. The first kappa shape index (κ1) is 67.8. The first-order chi connectivity index (χ1) is 34.5. The summed E-state index contributed by atoms with van der Waals surface area (Å²) in [6.07, 6.45) is 61.7. The molecule has 5 heteroatoms. The molecular formula is C65H135N5. The summed E-state index contributed by atoms with van der Waals surface area (Å²) in [6.45, 7) is 33.3. The first-order valence-electron chi connectivity index (χ1n) is 33.1. The van der Waals surface area contributed by atoms with E-state index in [0.717, 1.165) is 11.8 Å². The highest BCUT2D eigenvalue weighted by molar-refractivity contribution is 4.76. The molecule has 1 rings (SSSR count). The Morgan fingerprint density at radius 3 is 0.800 bits per heavy atom. The van der Waals surface area contributed by atoms with Gasteiger partial charge in [-0.25, -0.2) is 10.0 Å². The van der Waals surface area contributed by atoms with Crippen molar-refractivity contribution in [3.63, 3.8) is 0 Å². The lowest BCUT2D eigenvalue weighted by Crippen LogP contribution is -2.60. The van der Waals surface area contributed by atoms with E-state index in [1.165, 1.54) is 361 Å². The van der Waals surface area contributed by atoms with E-state index < -0.39 is 0 Å². The Bertz CT molecular complexity index is 935. The molecule has 0 aromatic heterocycles. The Labute approximate surface area is 444 Å². The molecule has 1 heterocycles. The van der Waals surface area contributed by atoms with Crippen molar-refractivity contribution in [2.75, 3.05) is 85.1 Å². The van der Waals surface area contributed by atoms with Crippen LogP contribution in [0.15, 0.2) is 0 Å². The zero-order valence-electron chi connectivity index (χ0n) is 50.0. The highest BCUT2D eigenvalue weighted by atomic mass is 15.7. The minimum Gasteiger partial charge on any atom is -0.302 e. The summed E-state index contributed by atoms with van der Waals surface area (Å²) in [7, 11) is 0. The van der Waals surface area contributed by atoms with Crippen LogP contribution in [0.5, 0.6) is 0 Å². The van der Waals surface area contributed by atoms with Crippen LogP contribution >= 0.6 is 0 Å². The second kappa shape index (κ2) is 53.6. The summed E-state index contributed by atoms with van der Waals surface area (Å²) >= 11 is 0. The molecule has 0 spiro atoms. The largest absolute Gasteiger partial charge is 0.302 e. The summed E-state index contributed by atoms with van der Waals surface area (Å²) < 4.78 is 0. The molecule has 0 radical (unpaired) electrons. The Morgan fingerprint density at radius 1 is 0.257 bits per heavy atom. The number of nitrogens with zero attached hydrogens (tertiary/aromatic N) is 5. The predicted molar refractivity (Wildman–Crippen MR) is 318 cm³/mol. The van der Waals surface area contributed by atoms with Gasteiger partial charge in [0.2, 0.25) is 0 Å². The Kier molecular flexibility index (Phi) is 51.9. The first-order valence-corrected chi connectivity index (χ1v) is 33.1. The summed E-state index contributed by atoms with van der Waals surface area (Å²) in [5.74, 6) is 1.62. The van der Waals surface area contributed by atoms with E-state index in [4.69, 9.17) is 0 Å². The van der Waals surface area contributed by atoms with Crippen molar-refractivity contribution >= 4 is 0 Å². The lowest BCUT2D eigenvalue weighted by molar-refractivity contribution is -0.117. The molecule has 1 aliphatic rings. The molecule has 0 bridgehead atoms. The molecule has 0 amide bonds. The molecule has 1 fully saturated rings. The van der Waals surface area contributed by atoms with Crippen LogP contribution in [-0.4, -0.2) is 110 Å². The normalized spacial score (nSPS) is 14.5. The Morgan fingerprint density at radius 2 is 0.514 bits per heavy atom. The lowest BCUT2D eigenvalue weighted by Gasteiger charge is -2.46. The van der Waals surface area contributed by atoms with Crippen molar-refractivity contribution in [3.05, 3.63) is 0 Å². The fourth-order valence-electron chi connectivity index (χ4n) is 11.6. The smallest absolute Gasteiger partial charge is 0.0275 e. The SMILES string of the molecule is CCCCCCCCCCCCCN(CCCCCCCCCCCCC)CCN(CCC)CCN1CCN1CCN(CC(C)CCCCCCCCCCC)CC(C)CCCCCCCCCCC. The fraction of sp³-hybridized carbons (Fsp3) is 1.00. The number of hydrazine groups is 1. The van der Waals surface area contributed by atoms with Gasteiger partial charge in [-0.15, -0.1) is 0 Å². The van der Waals surface area contributed by atoms with Crippen LogP contribution in [0.1, 0.15) is 325 Å². The van der Waals surface area contributed by atoms with Gasteiger partial charge in [0.1, 0.15) is 0 Å². The van der Waals surface area contributed by atoms with Gasteiger partial charge in [-0.2, -0.15) is 0 Å². The van der Waals surface area contributed by atoms with Gasteiger partial charge in [0.05, 0.1) is 0 Å². The molecule has 0 saturated carbocycles. The van der Waals surface area contributed by atoms with Crippen LogP contribution < -0.4 is 0 Å². The third-order valence-corrected chi connectivity index (χ3v) is 16.5. The third kappa shape index (κ3) is 44.1. The molecule has 0 aromatic rings. The second-order valence-corrected chi connectivity index (χ2v) is 23.9. The lowest BCUT2D eigenvalue weighted by atomic mass is 9.98. The van der Waals surface area contributed by atoms with Crippen LogP contribution in [0.2, 0.25) is 0 Å². The van der Waals surface area contributed by atoms with Crippen LogP contribution in [0.3, 0.4) is 0 Å². The number of rotatable bonds is 59. The molecule has 1 aliphatic heterocycles. The monoisotopic (exact) mass is 986 g/mol. The van der Waals surface area contributed by atoms with E-state index in [0.29, 0.717) is 0 Å². The van der Waals surface area contributed by atoms with Crippen molar-refractivity contribution in [2.24, 2.45) is 11.8 Å². The maximum atomic E-state index is 2.91. The van der Waals surface area contributed by atoms with E-state index in [-0.39, 0.29) is 0 Å². The van der Waals surface area contributed by atoms with Gasteiger partial charge >= 0.3 is 0 Å². The van der Waals surface area contributed by atoms with E-state index in [1.54, 1.807) is 0 Å². The predicted octanol–water partition coefficient (Wildman–Crippen LogP) is 19.6. The Hall–Kier alpha value is -0.200. The highest BCUT2D eigenvalue weighted by Gasteiger charge is 2.26. The van der Waals surface area contributed by atoms with Crippen molar-refractivity contribution in [1.82, 2.24) is 24.7 Å². The molecule has 2 unspecified atom stereocenters. The van der Waals surface area contributed by atoms with Crippen molar-refractivity contribution in [3.8, 4) is 0 Å². The van der Waals surface area contributed by atoms with Crippen LogP contribution in [0.25, 0.3) is 0 Å². The van der Waals surface area contributed by atoms with Gasteiger partial charge in [-0.1, -0.05) is 292 Å². The maximum Gasteiger partial charge on any atom is 0.0275 e. The van der Waals surface area contributed by atoms with Crippen molar-refractivity contribution in [2.45, 2.75) is 325 Å². The van der Waals surface area contributed by atoms with Crippen molar-refractivity contribution < 1.29 is 0 Å². The van der Waals surface area contributed by atoms with Gasteiger partial charge in [-0.3, -0.25) is 0 Å². The minimum absolute atomic E-state index is 0.809. The summed E-state index contributed by atoms with van der Waals surface area (Å²) in [6, 6.07) is 0. The zero-order valence-corrected chi connectivity index (χ0v) is 50.0. The van der Waals surface area contributed by atoms with Crippen LogP contribution in [-0.2, 0) is 0 Å². The Balaban J connectivity index is 2.64. The molecule has 420 valence electrons. The van der Waals surface area contributed by atoms with Crippen molar-refractivity contribution in [1.29, 1.82) is 0 Å². The molecule has 70 heavy (non-hydrogen) atoms. The summed E-state index contributed by atoms with van der Waals surface area (Å²) in [4.78, 5) is 8.64. The highest BCUT2D eigenvalue weighted by Crippen LogP contribution is 2.20. The second-order valence-electron chi connectivity index (χ2n) is 23.9. The molecular weight excluding hydrogens is 851 g/mol. The molecule has 0 aliphatic carbocycles. The maximum absolute atomic E-state index is 2.91. The summed E-state index contributed by atoms with van der Waals surface area (Å²) in [5, 5.41) is 5.46. The minimum atomic E-state index is 0.809. The average molecular weight is 987 g/mol. The van der Waals surface area contributed by atoms with E-state index in [1.807, 2.05) is 0 Å². The number of hydrogen-bond acceptors (Lipinski definition) is 5. The van der Waals surface area contributed by atoms with E-state index >= 15 is 0 Å². The molecule has 1 saturated heterocycles. The third-order valence-electron chi connectivity index (χ3n) is 16.5. The fourth-order valence-corrected chi connectivity index (χ4v) is 11.6. The standard InChI is InChI=1S/C65H135N5/c1-8-13-17-21-25-29-31-35-39-43-47-52-67(53-48-44-40-36-32-30-26-22-18-14-9-2)55-54-66(51-12-5)56-58-69-60-61-70(69)59-57-68(62-64(6)49-45-41-37-33-27-23-19-15-10-3)63-65(7)50-46-42-38-34-28-24-20-16-11-4/h64-65H,8-63H2,1-7H3. The van der Waals surface area contributed by atoms with Crippen LogP contribution in [0.4, 0.5) is 0 Å². The molecule has 2 atom stereocenters. The number of unbranched alkanes of at least 4 members (excludes halogenated alkanes) is 36. The van der Waals surface area contributed by atoms with Crippen LogP contribution in [0, 0.1) is 11.8 Å². The van der Waals surface area contributed by atoms with Gasteiger partial charge < -0.3 is 14.7 Å². The van der Waals surface area contributed by atoms with Gasteiger partial charge in [0.15, 0.2) is 0 Å². The average Bonchev–Trinajstić information content (AvgIpc) is 3.34.